The highest BCUT2D eigenvalue weighted by atomic mass is 35.5. The van der Waals surface area contributed by atoms with Crippen LogP contribution in [0.4, 0.5) is 5.82 Å². The van der Waals surface area contributed by atoms with E-state index in [2.05, 4.69) is 15.3 Å². The maximum absolute atomic E-state index is 11.5. The minimum absolute atomic E-state index is 0.0939. The van der Waals surface area contributed by atoms with Gasteiger partial charge in [-0.2, -0.15) is 0 Å². The first-order valence-electron chi connectivity index (χ1n) is 5.75. The average Bonchev–Trinajstić information content (AvgIpc) is 2.46. The first kappa shape index (κ1) is 14.1. The van der Waals surface area contributed by atoms with Crippen LogP contribution in [0.5, 0.6) is 5.75 Å². The fourth-order valence-electron chi connectivity index (χ4n) is 1.69. The summed E-state index contributed by atoms with van der Waals surface area (Å²) in [4.78, 5) is 19.8. The van der Waals surface area contributed by atoms with Crippen LogP contribution in [0, 0.1) is 0 Å². The number of rotatable bonds is 3. The van der Waals surface area contributed by atoms with Gasteiger partial charge in [-0.3, -0.25) is 4.79 Å². The standard InChI is InChI=1S/C13H13ClN4O2/c1-16-13(19)9-6-17-12(18-11(9)15)8-5-7(14)3-4-10(8)20-2/h3-6H,1-2H3,(H,16,19)(H2,15,17,18). The molecule has 6 nitrogen and oxygen atoms in total. The van der Waals surface area contributed by atoms with Crippen LogP contribution in [0.2, 0.25) is 5.02 Å². The molecule has 20 heavy (non-hydrogen) atoms. The van der Waals surface area contributed by atoms with Crippen molar-refractivity contribution in [2.45, 2.75) is 0 Å². The Morgan fingerprint density at radius 3 is 2.80 bits per heavy atom. The molecule has 0 aliphatic heterocycles. The Hall–Kier alpha value is -2.34. The molecule has 0 fully saturated rings. The Bertz CT molecular complexity index is 661. The van der Waals surface area contributed by atoms with E-state index in [0.717, 1.165) is 0 Å². The van der Waals surface area contributed by atoms with Gasteiger partial charge in [-0.15, -0.1) is 0 Å². The number of nitrogens with two attached hydrogens (primary N) is 1. The summed E-state index contributed by atoms with van der Waals surface area (Å²) in [6, 6.07) is 5.09. The van der Waals surface area contributed by atoms with Gasteiger partial charge in [0.25, 0.3) is 5.91 Å². The lowest BCUT2D eigenvalue weighted by molar-refractivity contribution is 0.0963. The van der Waals surface area contributed by atoms with Gasteiger partial charge >= 0.3 is 0 Å². The molecule has 1 aromatic heterocycles. The van der Waals surface area contributed by atoms with Crippen molar-refractivity contribution >= 4 is 23.3 Å². The van der Waals surface area contributed by atoms with Gasteiger partial charge in [0.1, 0.15) is 11.6 Å². The smallest absolute Gasteiger partial charge is 0.256 e. The van der Waals surface area contributed by atoms with E-state index in [-0.39, 0.29) is 17.3 Å². The first-order valence-corrected chi connectivity index (χ1v) is 6.13. The largest absolute Gasteiger partial charge is 0.496 e. The van der Waals surface area contributed by atoms with Gasteiger partial charge in [0, 0.05) is 18.3 Å². The van der Waals surface area contributed by atoms with E-state index < -0.39 is 0 Å². The maximum atomic E-state index is 11.5. The number of methoxy groups -OCH3 is 1. The summed E-state index contributed by atoms with van der Waals surface area (Å²) >= 11 is 5.96. The van der Waals surface area contributed by atoms with Crippen LogP contribution in [-0.4, -0.2) is 30.0 Å². The predicted octanol–water partition coefficient (Wildman–Crippen LogP) is 1.75. The highest BCUT2D eigenvalue weighted by Crippen LogP contribution is 2.30. The highest BCUT2D eigenvalue weighted by molar-refractivity contribution is 6.30. The molecule has 0 saturated heterocycles. The van der Waals surface area contributed by atoms with Gasteiger partial charge in [-0.25, -0.2) is 9.97 Å². The van der Waals surface area contributed by atoms with Crippen molar-refractivity contribution in [1.82, 2.24) is 15.3 Å². The number of carbonyl (C=O) groups is 1. The lowest BCUT2D eigenvalue weighted by atomic mass is 10.1. The van der Waals surface area contributed by atoms with Crippen molar-refractivity contribution in [3.63, 3.8) is 0 Å². The molecule has 0 saturated carbocycles. The average molecular weight is 293 g/mol. The minimum Gasteiger partial charge on any atom is -0.496 e. The number of hydrogen-bond donors (Lipinski definition) is 2. The van der Waals surface area contributed by atoms with Crippen LogP contribution in [0.1, 0.15) is 10.4 Å². The lowest BCUT2D eigenvalue weighted by Crippen LogP contribution is -2.20. The van der Waals surface area contributed by atoms with E-state index in [4.69, 9.17) is 22.1 Å². The SMILES string of the molecule is CNC(=O)c1cnc(-c2cc(Cl)ccc2OC)nc1N. The normalized spacial score (nSPS) is 10.2. The molecular formula is C13H13ClN4O2. The molecule has 0 atom stereocenters. The number of hydrogen-bond acceptors (Lipinski definition) is 5. The van der Waals surface area contributed by atoms with Gasteiger partial charge in [0.15, 0.2) is 5.82 Å². The third-order valence-electron chi connectivity index (χ3n) is 2.69. The molecule has 0 bridgehead atoms. The topological polar surface area (TPSA) is 90.1 Å². The molecule has 2 rings (SSSR count). The number of halogens is 1. The summed E-state index contributed by atoms with van der Waals surface area (Å²) < 4.78 is 5.23. The third-order valence-corrected chi connectivity index (χ3v) is 2.93. The van der Waals surface area contributed by atoms with E-state index in [1.807, 2.05) is 0 Å². The monoisotopic (exact) mass is 292 g/mol. The summed E-state index contributed by atoms with van der Waals surface area (Å²) in [5, 5.41) is 2.99. The zero-order valence-corrected chi connectivity index (χ0v) is 11.7. The molecule has 0 spiro atoms. The molecule has 7 heteroatoms. The van der Waals surface area contributed by atoms with Crippen molar-refractivity contribution < 1.29 is 9.53 Å². The Balaban J connectivity index is 2.52. The quantitative estimate of drug-likeness (QED) is 0.899. The summed E-state index contributed by atoms with van der Waals surface area (Å²) in [5.74, 6) is 0.666. The third kappa shape index (κ3) is 2.65. The van der Waals surface area contributed by atoms with Gasteiger partial charge in [-0.05, 0) is 18.2 Å². The number of nitrogens with zero attached hydrogens (tertiary/aromatic N) is 2. The zero-order chi connectivity index (χ0) is 14.7. The van der Waals surface area contributed by atoms with Crippen molar-refractivity contribution in [1.29, 1.82) is 0 Å². The van der Waals surface area contributed by atoms with Gasteiger partial charge in [0.2, 0.25) is 0 Å². The number of nitrogens with one attached hydrogen (secondary N) is 1. The number of benzene rings is 1. The van der Waals surface area contributed by atoms with Crippen molar-refractivity contribution in [2.75, 3.05) is 19.9 Å². The Kier molecular flexibility index (Phi) is 4.05. The Labute approximate surface area is 120 Å². The number of amides is 1. The second-order valence-electron chi connectivity index (χ2n) is 3.92. The fraction of sp³-hybridized carbons (Fsp3) is 0.154. The molecule has 3 N–H and O–H groups in total. The molecular weight excluding hydrogens is 280 g/mol. The van der Waals surface area contributed by atoms with Crippen molar-refractivity contribution in [3.8, 4) is 17.1 Å². The van der Waals surface area contributed by atoms with E-state index >= 15 is 0 Å². The molecule has 0 unspecified atom stereocenters. The molecule has 104 valence electrons. The number of ether oxygens (including phenoxy) is 1. The Morgan fingerprint density at radius 1 is 1.45 bits per heavy atom. The van der Waals surface area contributed by atoms with E-state index in [9.17, 15) is 4.79 Å². The molecule has 0 radical (unpaired) electrons. The van der Waals surface area contributed by atoms with Crippen LogP contribution in [-0.2, 0) is 0 Å². The lowest BCUT2D eigenvalue weighted by Gasteiger charge is -2.09. The van der Waals surface area contributed by atoms with Crippen LogP contribution < -0.4 is 15.8 Å². The molecule has 1 aromatic carbocycles. The summed E-state index contributed by atoms with van der Waals surface area (Å²) in [6.07, 6.45) is 1.37. The number of aromatic nitrogens is 2. The van der Waals surface area contributed by atoms with E-state index in [1.165, 1.54) is 20.4 Å². The summed E-state index contributed by atoms with van der Waals surface area (Å²) in [5.41, 5.74) is 6.61. The fourth-order valence-corrected chi connectivity index (χ4v) is 1.86. The van der Waals surface area contributed by atoms with Crippen molar-refractivity contribution in [3.05, 3.63) is 35.0 Å². The van der Waals surface area contributed by atoms with Gasteiger partial charge < -0.3 is 15.8 Å². The summed E-state index contributed by atoms with van der Waals surface area (Å²) in [7, 11) is 3.05. The van der Waals surface area contributed by atoms with Crippen LogP contribution in [0.15, 0.2) is 24.4 Å². The molecule has 1 heterocycles. The predicted molar refractivity (Wildman–Crippen MR) is 76.8 cm³/mol. The van der Waals surface area contributed by atoms with Crippen LogP contribution in [0.25, 0.3) is 11.4 Å². The maximum Gasteiger partial charge on any atom is 0.256 e. The number of nitrogen functional groups attached to an aromatic ring is 1. The zero-order valence-electron chi connectivity index (χ0n) is 11.0. The van der Waals surface area contributed by atoms with Gasteiger partial charge in [-0.1, -0.05) is 11.6 Å². The Morgan fingerprint density at radius 2 is 2.20 bits per heavy atom. The number of anilines is 1. The van der Waals surface area contributed by atoms with Gasteiger partial charge in [0.05, 0.1) is 18.2 Å². The van der Waals surface area contributed by atoms with Crippen molar-refractivity contribution in [2.24, 2.45) is 0 Å². The number of carbonyl (C=O) groups excluding carboxylic acids is 1. The van der Waals surface area contributed by atoms with E-state index in [1.54, 1.807) is 18.2 Å². The second-order valence-corrected chi connectivity index (χ2v) is 4.35. The van der Waals surface area contributed by atoms with Crippen LogP contribution >= 0.6 is 11.6 Å². The van der Waals surface area contributed by atoms with E-state index in [0.29, 0.717) is 22.2 Å². The highest BCUT2D eigenvalue weighted by Gasteiger charge is 2.14. The molecule has 0 aliphatic carbocycles. The summed E-state index contributed by atoms with van der Waals surface area (Å²) in [6.45, 7) is 0. The molecule has 0 aliphatic rings. The molecule has 2 aromatic rings. The minimum atomic E-state index is -0.341. The second kappa shape index (κ2) is 5.75. The first-order chi connectivity index (χ1) is 9.56. The van der Waals surface area contributed by atoms with Crippen LogP contribution in [0.3, 0.4) is 0 Å². The molecule has 1 amide bonds.